The maximum absolute atomic E-state index is 13.4. The number of benzene rings is 2. The van der Waals surface area contributed by atoms with Crippen LogP contribution >= 0.6 is 0 Å². The third-order valence-electron chi connectivity index (χ3n) is 4.82. The number of nitrogens with zero attached hydrogens (tertiary/aromatic N) is 3. The summed E-state index contributed by atoms with van der Waals surface area (Å²) in [6.45, 7) is 4.93. The van der Waals surface area contributed by atoms with E-state index >= 15 is 0 Å². The Labute approximate surface area is 204 Å². The number of aromatic nitrogens is 3. The molecule has 3 N–H and O–H groups in total. The molecule has 2 aromatic carbocycles. The highest BCUT2D eigenvalue weighted by molar-refractivity contribution is 5.91. The van der Waals surface area contributed by atoms with Gasteiger partial charge >= 0.3 is 12.3 Å². The second-order valence-corrected chi connectivity index (χ2v) is 8.79. The Morgan fingerprint density at radius 1 is 1.00 bits per heavy atom. The number of nitrogens with one attached hydrogen (secondary N) is 1. The molecule has 0 aliphatic rings. The van der Waals surface area contributed by atoms with Gasteiger partial charge in [0.1, 0.15) is 23.3 Å². The van der Waals surface area contributed by atoms with E-state index in [-0.39, 0.29) is 22.8 Å². The Kier molecular flexibility index (Phi) is 6.40. The normalized spacial score (nSPS) is 11.8. The Morgan fingerprint density at radius 2 is 1.78 bits per heavy atom. The predicted octanol–water partition coefficient (Wildman–Crippen LogP) is 6.43. The number of nitrogens with two attached hydrogens (primary N) is 1. The summed E-state index contributed by atoms with van der Waals surface area (Å²) in [6.07, 6.45) is -4.33. The summed E-state index contributed by atoms with van der Waals surface area (Å²) in [5.41, 5.74) is 4.82. The number of nitrogen functional groups attached to an aromatic ring is 1. The van der Waals surface area contributed by atoms with E-state index in [0.29, 0.717) is 17.1 Å². The maximum Gasteiger partial charge on any atom is 0.416 e. The van der Waals surface area contributed by atoms with Crippen molar-refractivity contribution in [2.75, 3.05) is 11.1 Å². The van der Waals surface area contributed by atoms with Gasteiger partial charge in [0.15, 0.2) is 5.75 Å². The Balaban J connectivity index is 1.72. The number of rotatable bonds is 4. The monoisotopic (exact) mass is 497 g/mol. The van der Waals surface area contributed by atoms with Crippen LogP contribution in [0.25, 0.3) is 22.2 Å². The van der Waals surface area contributed by atoms with Gasteiger partial charge in [-0.1, -0.05) is 18.2 Å². The molecule has 0 radical (unpaired) electrons. The largest absolute Gasteiger partial charge is 0.444 e. The lowest BCUT2D eigenvalue weighted by atomic mass is 10.1. The number of hydrogen-bond donors (Lipinski definition) is 2. The highest BCUT2D eigenvalue weighted by Gasteiger charge is 2.31. The molecule has 0 saturated carbocycles. The predicted molar refractivity (Wildman–Crippen MR) is 129 cm³/mol. The molecule has 0 bridgehead atoms. The van der Waals surface area contributed by atoms with Crippen molar-refractivity contribution in [3.8, 4) is 22.9 Å². The zero-order chi connectivity index (χ0) is 26.1. The quantitative estimate of drug-likeness (QED) is 0.334. The van der Waals surface area contributed by atoms with E-state index in [2.05, 4.69) is 20.3 Å². The van der Waals surface area contributed by atoms with E-state index in [9.17, 15) is 18.0 Å². The van der Waals surface area contributed by atoms with E-state index in [1.807, 2.05) is 6.07 Å². The molecular weight excluding hydrogens is 475 g/mol. The molecule has 11 heteroatoms. The molecule has 186 valence electrons. The molecule has 0 aliphatic carbocycles. The van der Waals surface area contributed by atoms with Crippen LogP contribution in [-0.2, 0) is 10.9 Å². The summed E-state index contributed by atoms with van der Waals surface area (Å²) < 4.78 is 51.2. The molecular formula is C25H22F3N5O3. The number of alkyl halides is 3. The number of hydrogen-bond acceptors (Lipinski definition) is 7. The Morgan fingerprint density at radius 3 is 2.50 bits per heavy atom. The first-order valence-electron chi connectivity index (χ1n) is 10.8. The van der Waals surface area contributed by atoms with Gasteiger partial charge in [0.05, 0.1) is 16.9 Å². The van der Waals surface area contributed by atoms with Crippen molar-refractivity contribution in [2.24, 2.45) is 0 Å². The van der Waals surface area contributed by atoms with Crippen molar-refractivity contribution in [3.63, 3.8) is 0 Å². The fraction of sp³-hybridized carbons (Fsp3) is 0.200. The lowest BCUT2D eigenvalue weighted by Crippen LogP contribution is -2.27. The molecule has 0 atom stereocenters. The van der Waals surface area contributed by atoms with E-state index in [0.717, 1.165) is 17.5 Å². The number of halogens is 3. The van der Waals surface area contributed by atoms with Crippen molar-refractivity contribution >= 4 is 28.5 Å². The second kappa shape index (κ2) is 9.33. The summed E-state index contributed by atoms with van der Waals surface area (Å²) in [5.74, 6) is 0.799. The summed E-state index contributed by atoms with van der Waals surface area (Å²) >= 11 is 0. The zero-order valence-electron chi connectivity index (χ0n) is 19.6. The van der Waals surface area contributed by atoms with Gasteiger partial charge in [-0.2, -0.15) is 13.2 Å². The number of carbonyl (C=O) groups is 1. The number of ether oxygens (including phenoxy) is 2. The van der Waals surface area contributed by atoms with Crippen LogP contribution in [0.3, 0.4) is 0 Å². The number of carbonyl (C=O) groups excluding carboxylic acids is 1. The molecule has 0 saturated heterocycles. The van der Waals surface area contributed by atoms with Gasteiger partial charge in [-0.3, -0.25) is 5.32 Å². The number of fused-ring (bicyclic) bond motifs is 1. The second-order valence-electron chi connectivity index (χ2n) is 8.79. The number of pyridine rings is 1. The lowest BCUT2D eigenvalue weighted by Gasteiger charge is -2.21. The van der Waals surface area contributed by atoms with Gasteiger partial charge in [0.25, 0.3) is 0 Å². The molecule has 8 nitrogen and oxygen atoms in total. The van der Waals surface area contributed by atoms with Crippen LogP contribution in [0.2, 0.25) is 0 Å². The zero-order valence-corrected chi connectivity index (χ0v) is 19.6. The first kappa shape index (κ1) is 24.7. The van der Waals surface area contributed by atoms with Crippen LogP contribution in [0.5, 0.6) is 11.6 Å². The SMILES string of the molecule is CC(C)(C)OC(=O)Nc1cc(C(F)(F)F)ccc1-c1cc(Oc2cccc3ccc(N)nc23)ncn1. The van der Waals surface area contributed by atoms with E-state index < -0.39 is 23.4 Å². The van der Waals surface area contributed by atoms with Crippen molar-refractivity contribution in [1.82, 2.24) is 15.0 Å². The fourth-order valence-electron chi connectivity index (χ4n) is 3.33. The molecule has 0 fully saturated rings. The third-order valence-corrected chi connectivity index (χ3v) is 4.82. The summed E-state index contributed by atoms with van der Waals surface area (Å²) in [4.78, 5) is 24.9. The van der Waals surface area contributed by atoms with Crippen LogP contribution in [0.1, 0.15) is 26.3 Å². The average molecular weight is 497 g/mol. The molecule has 0 unspecified atom stereocenters. The lowest BCUT2D eigenvalue weighted by molar-refractivity contribution is -0.137. The third kappa shape index (κ3) is 5.80. The fourth-order valence-corrected chi connectivity index (χ4v) is 3.33. The van der Waals surface area contributed by atoms with Crippen LogP contribution in [0.4, 0.5) is 29.5 Å². The van der Waals surface area contributed by atoms with Gasteiger partial charge < -0.3 is 15.2 Å². The molecule has 0 aliphatic heterocycles. The van der Waals surface area contributed by atoms with Gasteiger partial charge in [-0.15, -0.1) is 0 Å². The average Bonchev–Trinajstić information content (AvgIpc) is 2.78. The summed E-state index contributed by atoms with van der Waals surface area (Å²) in [5, 5.41) is 3.19. The topological polar surface area (TPSA) is 112 Å². The molecule has 4 aromatic rings. The molecule has 2 heterocycles. The minimum absolute atomic E-state index is 0.111. The Bertz CT molecular complexity index is 1430. The van der Waals surface area contributed by atoms with Gasteiger partial charge in [0.2, 0.25) is 5.88 Å². The minimum atomic E-state index is -4.62. The number of amides is 1. The maximum atomic E-state index is 13.4. The van der Waals surface area contributed by atoms with E-state index in [1.54, 1.807) is 45.0 Å². The van der Waals surface area contributed by atoms with Gasteiger partial charge in [0, 0.05) is 17.0 Å². The van der Waals surface area contributed by atoms with Crippen molar-refractivity contribution in [3.05, 3.63) is 66.5 Å². The standard InChI is InChI=1S/C25H22F3N5O3/c1-24(2,3)36-23(34)32-18-11-15(25(26,27)28)8-9-16(18)17-12-21(31-13-30-17)35-19-6-4-5-14-7-10-20(29)33-22(14)19/h4-13H,1-3H3,(H2,29,33)(H,32,34). The summed E-state index contributed by atoms with van der Waals surface area (Å²) in [7, 11) is 0. The highest BCUT2D eigenvalue weighted by atomic mass is 19.4. The molecule has 0 spiro atoms. The van der Waals surface area contributed by atoms with E-state index in [1.165, 1.54) is 18.5 Å². The van der Waals surface area contributed by atoms with Crippen LogP contribution < -0.4 is 15.8 Å². The van der Waals surface area contributed by atoms with Crippen LogP contribution in [-0.4, -0.2) is 26.6 Å². The van der Waals surface area contributed by atoms with Crippen molar-refractivity contribution in [2.45, 2.75) is 32.5 Å². The summed E-state index contributed by atoms with van der Waals surface area (Å²) in [6, 6.07) is 13.1. The van der Waals surface area contributed by atoms with E-state index in [4.69, 9.17) is 15.2 Å². The van der Waals surface area contributed by atoms with Gasteiger partial charge in [-0.05, 0) is 51.1 Å². The smallest absolute Gasteiger partial charge is 0.416 e. The van der Waals surface area contributed by atoms with Gasteiger partial charge in [-0.25, -0.2) is 19.7 Å². The Hall–Kier alpha value is -4.41. The van der Waals surface area contributed by atoms with Crippen molar-refractivity contribution in [1.29, 1.82) is 0 Å². The van der Waals surface area contributed by atoms with Crippen molar-refractivity contribution < 1.29 is 27.4 Å². The first-order chi connectivity index (χ1) is 16.9. The molecule has 1 amide bonds. The molecule has 2 aromatic heterocycles. The number of anilines is 2. The minimum Gasteiger partial charge on any atom is -0.444 e. The highest BCUT2D eigenvalue weighted by Crippen LogP contribution is 2.37. The van der Waals surface area contributed by atoms with Crippen LogP contribution in [0.15, 0.2) is 60.9 Å². The first-order valence-corrected chi connectivity index (χ1v) is 10.8. The molecule has 4 rings (SSSR count). The number of para-hydroxylation sites is 1. The molecule has 36 heavy (non-hydrogen) atoms. The van der Waals surface area contributed by atoms with Crippen LogP contribution in [0, 0.1) is 0 Å².